The summed E-state index contributed by atoms with van der Waals surface area (Å²) in [7, 11) is 1.63. The van der Waals surface area contributed by atoms with Gasteiger partial charge >= 0.3 is 5.97 Å². The molecule has 3 unspecified atom stereocenters. The first-order valence-electron chi connectivity index (χ1n) is 13.1. The number of thiazole rings is 1. The van der Waals surface area contributed by atoms with Gasteiger partial charge in [0.05, 0.1) is 14.7 Å². The molecule has 5 atom stereocenters. The molecule has 2 fully saturated rings. The summed E-state index contributed by atoms with van der Waals surface area (Å²) in [4.78, 5) is 35.2. The Labute approximate surface area is 244 Å². The van der Waals surface area contributed by atoms with Crippen molar-refractivity contribution in [1.82, 2.24) is 4.98 Å². The van der Waals surface area contributed by atoms with Crippen LogP contribution >= 0.6 is 43.2 Å². The Morgan fingerprint density at radius 2 is 2.11 bits per heavy atom. The number of anilines is 1. The van der Waals surface area contributed by atoms with Gasteiger partial charge in [0.25, 0.3) is 0 Å². The SMILES string of the molecule is CO/N=C1\C[C@@H](CCC(=O)Nc2ncc(C)s2)C2C3CCc4c(cc(Br)c(OC(C)=O)c4Br)C3CC[C@]12C. The third-order valence-electron chi connectivity index (χ3n) is 8.81. The van der Waals surface area contributed by atoms with Gasteiger partial charge in [0.1, 0.15) is 7.11 Å². The number of halogens is 2. The molecule has 0 aliphatic heterocycles. The van der Waals surface area contributed by atoms with Gasteiger partial charge in [-0.05, 0) is 118 Å². The van der Waals surface area contributed by atoms with E-state index in [0.717, 1.165) is 58.1 Å². The Kier molecular flexibility index (Phi) is 8.04. The van der Waals surface area contributed by atoms with Crippen LogP contribution in [0.1, 0.15) is 74.3 Å². The fourth-order valence-corrected chi connectivity index (χ4v) is 9.57. The average Bonchev–Trinajstić information content (AvgIpc) is 3.40. The normalized spacial score (nSPS) is 28.8. The molecule has 0 spiro atoms. The van der Waals surface area contributed by atoms with E-state index in [2.05, 4.69) is 60.3 Å². The minimum absolute atomic E-state index is 0.0189. The van der Waals surface area contributed by atoms with Gasteiger partial charge in [-0.1, -0.05) is 12.1 Å². The van der Waals surface area contributed by atoms with Crippen molar-refractivity contribution in [3.8, 4) is 5.75 Å². The molecule has 204 valence electrons. The van der Waals surface area contributed by atoms with Crippen molar-refractivity contribution < 1.29 is 19.2 Å². The first-order valence-corrected chi connectivity index (χ1v) is 15.5. The van der Waals surface area contributed by atoms with Crippen molar-refractivity contribution in [2.24, 2.45) is 28.3 Å². The number of amides is 1. The monoisotopic (exact) mass is 665 g/mol. The molecule has 5 rings (SSSR count). The minimum atomic E-state index is -0.332. The predicted molar refractivity (Wildman–Crippen MR) is 156 cm³/mol. The molecule has 1 amide bonds. The summed E-state index contributed by atoms with van der Waals surface area (Å²) in [6.45, 7) is 5.77. The number of hydrogen-bond acceptors (Lipinski definition) is 7. The van der Waals surface area contributed by atoms with Gasteiger partial charge in [-0.2, -0.15) is 0 Å². The van der Waals surface area contributed by atoms with Crippen LogP contribution in [0, 0.1) is 30.1 Å². The number of ether oxygens (including phenoxy) is 1. The first kappa shape index (κ1) is 27.8. The van der Waals surface area contributed by atoms with Gasteiger partial charge in [-0.25, -0.2) is 4.98 Å². The first-order chi connectivity index (χ1) is 18.1. The van der Waals surface area contributed by atoms with Crippen molar-refractivity contribution in [2.75, 3.05) is 12.4 Å². The van der Waals surface area contributed by atoms with Crippen LogP contribution in [0.5, 0.6) is 5.75 Å². The molecule has 2 saturated carbocycles. The lowest BCUT2D eigenvalue weighted by Gasteiger charge is -2.50. The highest BCUT2D eigenvalue weighted by Crippen LogP contribution is 2.63. The Bertz CT molecular complexity index is 1300. The summed E-state index contributed by atoms with van der Waals surface area (Å²) in [6.07, 6.45) is 8.00. The van der Waals surface area contributed by atoms with Gasteiger partial charge in [0.2, 0.25) is 5.91 Å². The van der Waals surface area contributed by atoms with Crippen molar-refractivity contribution in [1.29, 1.82) is 0 Å². The standard InChI is InChI=1S/C28H33Br2N3O4S/c1-14-13-31-27(38-14)32-23(35)8-5-16-11-22(33-36-4)28(3)10-9-17-18(24(16)28)6-7-19-20(17)12-21(29)26(25(19)30)37-15(2)34/h12-13,16-18,24H,5-11H2,1-4H3,(H,31,32,35)/b33-22+/t16-,17?,18?,24?,28-/m1/s1. The summed E-state index contributed by atoms with van der Waals surface area (Å²) >= 11 is 8.91. The second-order valence-electron chi connectivity index (χ2n) is 11.0. The predicted octanol–water partition coefficient (Wildman–Crippen LogP) is 7.41. The quantitative estimate of drug-likeness (QED) is 0.197. The molecule has 1 aromatic heterocycles. The highest BCUT2D eigenvalue weighted by Gasteiger charge is 2.57. The Balaban J connectivity index is 1.41. The zero-order valence-electron chi connectivity index (χ0n) is 22.1. The third kappa shape index (κ3) is 5.08. The smallest absolute Gasteiger partial charge is 0.308 e. The number of aromatic nitrogens is 1. The van der Waals surface area contributed by atoms with Crippen LogP contribution in [0.4, 0.5) is 5.13 Å². The second kappa shape index (κ2) is 11.0. The van der Waals surface area contributed by atoms with Crippen molar-refractivity contribution in [2.45, 2.75) is 71.6 Å². The number of carbonyl (C=O) groups is 2. The fourth-order valence-electron chi connectivity index (χ4n) is 7.38. The van der Waals surface area contributed by atoms with Crippen molar-refractivity contribution in [3.63, 3.8) is 0 Å². The number of fused-ring (bicyclic) bond motifs is 5. The molecular weight excluding hydrogens is 634 g/mol. The molecule has 1 aromatic carbocycles. The molecule has 1 N–H and O–H groups in total. The van der Waals surface area contributed by atoms with E-state index in [4.69, 9.17) is 9.57 Å². The van der Waals surface area contributed by atoms with Gasteiger partial charge in [0.15, 0.2) is 10.9 Å². The number of rotatable bonds is 6. The van der Waals surface area contributed by atoms with E-state index in [1.807, 2.05) is 6.92 Å². The number of oxime groups is 1. The maximum atomic E-state index is 12.8. The number of nitrogens with one attached hydrogen (secondary N) is 1. The number of esters is 1. The van der Waals surface area contributed by atoms with E-state index in [-0.39, 0.29) is 17.3 Å². The van der Waals surface area contributed by atoms with E-state index >= 15 is 0 Å². The summed E-state index contributed by atoms with van der Waals surface area (Å²) < 4.78 is 7.19. The molecule has 38 heavy (non-hydrogen) atoms. The molecule has 3 aliphatic carbocycles. The van der Waals surface area contributed by atoms with Crippen LogP contribution in [0.25, 0.3) is 0 Å². The van der Waals surface area contributed by atoms with E-state index in [1.54, 1.807) is 13.3 Å². The molecule has 3 aliphatic rings. The molecule has 7 nitrogen and oxygen atoms in total. The van der Waals surface area contributed by atoms with Crippen LogP contribution in [-0.2, 0) is 20.8 Å². The zero-order chi connectivity index (χ0) is 27.2. The van der Waals surface area contributed by atoms with E-state index in [0.29, 0.717) is 41.0 Å². The van der Waals surface area contributed by atoms with E-state index < -0.39 is 0 Å². The van der Waals surface area contributed by atoms with Crippen LogP contribution < -0.4 is 10.1 Å². The molecule has 2 aromatic rings. The summed E-state index contributed by atoms with van der Waals surface area (Å²) in [5.41, 5.74) is 3.69. The maximum Gasteiger partial charge on any atom is 0.308 e. The summed E-state index contributed by atoms with van der Waals surface area (Å²) in [5.74, 6) is 1.92. The summed E-state index contributed by atoms with van der Waals surface area (Å²) in [6, 6.07) is 2.16. The molecular formula is C28H33Br2N3O4S. The number of hydrogen-bond donors (Lipinski definition) is 1. The van der Waals surface area contributed by atoms with Gasteiger partial charge < -0.3 is 14.9 Å². The Morgan fingerprint density at radius 3 is 2.79 bits per heavy atom. The van der Waals surface area contributed by atoms with Gasteiger partial charge in [-0.15, -0.1) is 11.3 Å². The lowest BCUT2D eigenvalue weighted by atomic mass is 9.54. The Hall–Kier alpha value is -1.78. The number of nitrogens with zero attached hydrogens (tertiary/aromatic N) is 2. The zero-order valence-corrected chi connectivity index (χ0v) is 26.1. The van der Waals surface area contributed by atoms with Crippen LogP contribution in [0.15, 0.2) is 26.4 Å². The lowest BCUT2D eigenvalue weighted by molar-refractivity contribution is -0.132. The minimum Gasteiger partial charge on any atom is -0.424 e. The number of aryl methyl sites for hydroxylation is 1. The van der Waals surface area contributed by atoms with Crippen LogP contribution in [0.2, 0.25) is 0 Å². The molecule has 10 heteroatoms. The average molecular weight is 667 g/mol. The number of benzene rings is 1. The van der Waals surface area contributed by atoms with Crippen molar-refractivity contribution >= 4 is 65.9 Å². The highest BCUT2D eigenvalue weighted by atomic mass is 79.9. The second-order valence-corrected chi connectivity index (χ2v) is 13.9. The van der Waals surface area contributed by atoms with Crippen molar-refractivity contribution in [3.05, 3.63) is 37.2 Å². The van der Waals surface area contributed by atoms with Gasteiger partial charge in [0, 0.05) is 29.8 Å². The van der Waals surface area contributed by atoms with Crippen LogP contribution in [-0.4, -0.2) is 29.7 Å². The maximum absolute atomic E-state index is 12.8. The van der Waals surface area contributed by atoms with E-state index in [9.17, 15) is 9.59 Å². The molecule has 0 radical (unpaired) electrons. The highest BCUT2D eigenvalue weighted by molar-refractivity contribution is 9.11. The summed E-state index contributed by atoms with van der Waals surface area (Å²) in [5, 5.41) is 8.16. The molecule has 0 saturated heterocycles. The fraction of sp³-hybridized carbons (Fsp3) is 0.571. The van der Waals surface area contributed by atoms with Gasteiger partial charge in [-0.3, -0.25) is 9.59 Å². The largest absolute Gasteiger partial charge is 0.424 e. The Morgan fingerprint density at radius 1 is 1.32 bits per heavy atom. The van der Waals surface area contributed by atoms with E-state index in [1.165, 1.54) is 29.4 Å². The molecule has 0 bridgehead atoms. The number of carbonyl (C=O) groups excluding carboxylic acids is 2. The van der Waals surface area contributed by atoms with Crippen LogP contribution in [0.3, 0.4) is 0 Å². The molecule has 1 heterocycles. The topological polar surface area (TPSA) is 89.9 Å². The lowest BCUT2D eigenvalue weighted by Crippen LogP contribution is -2.44. The third-order valence-corrected chi connectivity index (χ3v) is 11.1.